The summed E-state index contributed by atoms with van der Waals surface area (Å²) in [5.41, 5.74) is 2.55. The first kappa shape index (κ1) is 29.6. The number of aliphatic hydroxyl groups is 1. The van der Waals surface area contributed by atoms with E-state index in [0.717, 1.165) is 4.90 Å². The molecule has 0 fully saturated rings. The van der Waals surface area contributed by atoms with Crippen LogP contribution in [0, 0.1) is 6.92 Å². The van der Waals surface area contributed by atoms with E-state index >= 15 is 0 Å². The minimum absolute atomic E-state index is 0.0225. The number of nitrogens with one attached hydrogen (secondary N) is 1. The van der Waals surface area contributed by atoms with Gasteiger partial charge in [-0.15, -0.1) is 0 Å². The van der Waals surface area contributed by atoms with Crippen molar-refractivity contribution in [2.45, 2.75) is 25.2 Å². The zero-order valence-electron chi connectivity index (χ0n) is 22.6. The third-order valence-electron chi connectivity index (χ3n) is 6.49. The van der Waals surface area contributed by atoms with Crippen LogP contribution in [0.3, 0.4) is 0 Å². The van der Waals surface area contributed by atoms with Crippen molar-refractivity contribution in [2.24, 2.45) is 0 Å². The van der Waals surface area contributed by atoms with E-state index in [-0.39, 0.29) is 41.4 Å². The summed E-state index contributed by atoms with van der Waals surface area (Å²) in [5, 5.41) is 21.8. The molecule has 0 aromatic heterocycles. The molecule has 0 atom stereocenters. The summed E-state index contributed by atoms with van der Waals surface area (Å²) in [6, 6.07) is 17.6. The Balaban J connectivity index is 1.86. The third kappa shape index (κ3) is 5.77. The molecule has 214 valence electrons. The minimum Gasteiger partial charge on any atom is -0.478 e. The number of sulfonamides is 1. The van der Waals surface area contributed by atoms with Crippen molar-refractivity contribution in [1.29, 1.82) is 0 Å². The van der Waals surface area contributed by atoms with Crippen LogP contribution in [-0.2, 0) is 24.4 Å². The first-order valence-corrected chi connectivity index (χ1v) is 14.1. The normalized spacial score (nSPS) is 14.3. The number of rotatable bonds is 10. The van der Waals surface area contributed by atoms with Gasteiger partial charge in [0.05, 0.1) is 40.6 Å². The number of fused-ring (bicyclic) bond motifs is 1. The number of aryl methyl sites for hydroxylation is 1. The van der Waals surface area contributed by atoms with Gasteiger partial charge in [-0.2, -0.15) is 0 Å². The number of aliphatic hydroxyl groups excluding tert-OH is 1. The molecule has 4 rings (SSSR count). The Bertz CT molecular complexity index is 1630. The Kier molecular flexibility index (Phi) is 8.69. The Morgan fingerprint density at radius 2 is 1.71 bits per heavy atom. The molecule has 3 aromatic rings. The van der Waals surface area contributed by atoms with E-state index in [9.17, 15) is 27.9 Å². The average molecular weight is 580 g/mol. The number of hydrogen-bond donors (Lipinski definition) is 3. The van der Waals surface area contributed by atoms with Crippen molar-refractivity contribution >= 4 is 50.5 Å². The number of carbonyl (C=O) groups excluding carboxylic acids is 2. The lowest BCUT2D eigenvalue weighted by Gasteiger charge is -2.18. The Hall–Kier alpha value is -4.36. The zero-order chi connectivity index (χ0) is 29.9. The van der Waals surface area contributed by atoms with Crippen molar-refractivity contribution in [3.8, 4) is 0 Å². The van der Waals surface area contributed by atoms with E-state index in [1.165, 1.54) is 37.4 Å². The molecule has 1 aliphatic heterocycles. The number of amides is 2. The highest BCUT2D eigenvalue weighted by atomic mass is 32.2. The van der Waals surface area contributed by atoms with Gasteiger partial charge in [0.15, 0.2) is 0 Å². The van der Waals surface area contributed by atoms with Crippen LogP contribution in [0.2, 0.25) is 0 Å². The summed E-state index contributed by atoms with van der Waals surface area (Å²) in [6.07, 6.45) is 0.0231. The second-order valence-electron chi connectivity index (χ2n) is 9.11. The highest BCUT2D eigenvalue weighted by Gasteiger charge is 2.39. The van der Waals surface area contributed by atoms with Gasteiger partial charge in [0.1, 0.15) is 0 Å². The zero-order valence-corrected chi connectivity index (χ0v) is 23.4. The number of hydrogen-bond acceptors (Lipinski definition) is 8. The maximum atomic E-state index is 13.9. The number of aromatic carboxylic acids is 1. The molecule has 41 heavy (non-hydrogen) atoms. The van der Waals surface area contributed by atoms with Crippen molar-refractivity contribution in [2.75, 3.05) is 30.5 Å². The summed E-state index contributed by atoms with van der Waals surface area (Å²) >= 11 is 0. The van der Waals surface area contributed by atoms with E-state index < -0.39 is 27.8 Å². The Morgan fingerprint density at radius 3 is 2.29 bits per heavy atom. The van der Waals surface area contributed by atoms with Gasteiger partial charge in [0.25, 0.3) is 15.9 Å². The molecule has 1 heterocycles. The number of hydroxylamine groups is 1. The van der Waals surface area contributed by atoms with E-state index in [1.807, 2.05) is 0 Å². The lowest BCUT2D eigenvalue weighted by Crippen LogP contribution is -2.33. The largest absolute Gasteiger partial charge is 0.478 e. The fourth-order valence-corrected chi connectivity index (χ4v) is 5.41. The molecule has 0 spiro atoms. The Labute approximate surface area is 237 Å². The molecule has 3 aromatic carbocycles. The summed E-state index contributed by atoms with van der Waals surface area (Å²) in [5.74, 6) is -2.27. The highest BCUT2D eigenvalue weighted by molar-refractivity contribution is 7.89. The van der Waals surface area contributed by atoms with Crippen LogP contribution in [0.5, 0.6) is 0 Å². The number of benzene rings is 3. The predicted molar refractivity (Wildman–Crippen MR) is 152 cm³/mol. The van der Waals surface area contributed by atoms with Crippen LogP contribution in [0.15, 0.2) is 71.6 Å². The quantitative estimate of drug-likeness (QED) is 0.242. The van der Waals surface area contributed by atoms with Gasteiger partial charge in [-0.1, -0.05) is 41.7 Å². The van der Waals surface area contributed by atoms with Crippen LogP contribution >= 0.6 is 0 Å². The van der Waals surface area contributed by atoms with Crippen molar-refractivity contribution in [3.63, 3.8) is 0 Å². The van der Waals surface area contributed by atoms with Gasteiger partial charge in [0, 0.05) is 24.7 Å². The summed E-state index contributed by atoms with van der Waals surface area (Å²) in [6.45, 7) is 2.69. The first-order valence-electron chi connectivity index (χ1n) is 12.7. The second-order valence-corrected chi connectivity index (χ2v) is 11.1. The lowest BCUT2D eigenvalue weighted by molar-refractivity contribution is -0.123. The molecule has 3 N–H and O–H groups in total. The molecule has 2 amide bonds. The number of anilines is 2. The molecule has 0 unspecified atom stereocenters. The number of imide groups is 1. The molecule has 0 saturated heterocycles. The van der Waals surface area contributed by atoms with Gasteiger partial charge in [-0.25, -0.2) is 18.1 Å². The van der Waals surface area contributed by atoms with Crippen molar-refractivity contribution < 1.29 is 37.9 Å². The van der Waals surface area contributed by atoms with Crippen LogP contribution in [-0.4, -0.2) is 61.1 Å². The van der Waals surface area contributed by atoms with E-state index in [1.54, 1.807) is 50.2 Å². The predicted octanol–water partition coefficient (Wildman–Crippen LogP) is 3.50. The van der Waals surface area contributed by atoms with Crippen LogP contribution in [0.25, 0.3) is 11.3 Å². The van der Waals surface area contributed by atoms with E-state index in [0.29, 0.717) is 32.5 Å². The number of carboxylic acid groups (broad SMARTS) is 1. The summed E-state index contributed by atoms with van der Waals surface area (Å²) in [4.78, 5) is 44.5. The molecule has 0 bridgehead atoms. The van der Waals surface area contributed by atoms with Gasteiger partial charge in [0.2, 0.25) is 5.91 Å². The number of carbonyl (C=O) groups is 3. The number of carboxylic acids is 1. The van der Waals surface area contributed by atoms with Gasteiger partial charge in [-0.3, -0.25) is 14.4 Å². The van der Waals surface area contributed by atoms with Gasteiger partial charge in [-0.05, 0) is 54.4 Å². The van der Waals surface area contributed by atoms with Crippen LogP contribution in [0.1, 0.15) is 40.4 Å². The molecule has 1 aliphatic rings. The minimum atomic E-state index is -3.99. The molecule has 0 saturated carbocycles. The highest BCUT2D eigenvalue weighted by Crippen LogP contribution is 2.43. The SMILES string of the molecule is CCC(=O)N1C(=O)C(=C(Nc2ccc(S(=O)(=O)N(C)OCCO)cc2)c2ccccc2)c2cc(C)c(C(=O)O)cc21. The summed E-state index contributed by atoms with van der Waals surface area (Å²) < 4.78 is 26.2. The van der Waals surface area contributed by atoms with E-state index in [2.05, 4.69) is 5.32 Å². The maximum Gasteiger partial charge on any atom is 0.336 e. The topological polar surface area (TPSA) is 154 Å². The van der Waals surface area contributed by atoms with E-state index in [4.69, 9.17) is 9.94 Å². The Morgan fingerprint density at radius 1 is 1.05 bits per heavy atom. The molecule has 0 radical (unpaired) electrons. The smallest absolute Gasteiger partial charge is 0.336 e. The molecule has 0 aliphatic carbocycles. The molecule has 12 heteroatoms. The van der Waals surface area contributed by atoms with Crippen molar-refractivity contribution in [1.82, 2.24) is 4.47 Å². The fourth-order valence-electron chi connectivity index (χ4n) is 4.42. The summed E-state index contributed by atoms with van der Waals surface area (Å²) in [7, 11) is -2.77. The average Bonchev–Trinajstić information content (AvgIpc) is 3.24. The van der Waals surface area contributed by atoms with Crippen molar-refractivity contribution in [3.05, 3.63) is 89.0 Å². The standard InChI is InChI=1S/C29H29N3O8S/c1-4-25(34)32-24-17-22(29(36)37)18(2)16-23(24)26(28(32)35)27(19-8-6-5-7-9-19)30-20-10-12-21(13-11-20)41(38,39)31(3)40-15-14-33/h5-13,16-17,30,33H,4,14-15H2,1-3H3,(H,36,37). The molecule has 11 nitrogen and oxygen atoms in total. The number of nitrogens with zero attached hydrogens (tertiary/aromatic N) is 2. The van der Waals surface area contributed by atoms with Crippen LogP contribution < -0.4 is 10.2 Å². The monoisotopic (exact) mass is 579 g/mol. The third-order valence-corrected chi connectivity index (χ3v) is 8.14. The lowest BCUT2D eigenvalue weighted by atomic mass is 9.96. The van der Waals surface area contributed by atoms with Crippen LogP contribution in [0.4, 0.5) is 11.4 Å². The second kappa shape index (κ2) is 12.0. The van der Waals surface area contributed by atoms with Gasteiger partial charge < -0.3 is 15.5 Å². The maximum absolute atomic E-state index is 13.9. The molecular formula is C29H29N3O8S. The first-order chi connectivity index (χ1) is 19.5. The molecular weight excluding hydrogens is 550 g/mol. The fraction of sp³-hybridized carbons (Fsp3) is 0.207. The van der Waals surface area contributed by atoms with Gasteiger partial charge >= 0.3 is 5.97 Å².